The summed E-state index contributed by atoms with van der Waals surface area (Å²) in [5.74, 6) is 0.678. The van der Waals surface area contributed by atoms with Gasteiger partial charge in [0.05, 0.1) is 7.11 Å². The van der Waals surface area contributed by atoms with Gasteiger partial charge in [0, 0.05) is 24.5 Å². The van der Waals surface area contributed by atoms with E-state index in [0.717, 1.165) is 11.3 Å². The van der Waals surface area contributed by atoms with Crippen LogP contribution in [0.4, 0.5) is 5.69 Å². The van der Waals surface area contributed by atoms with Crippen LogP contribution in [0.15, 0.2) is 12.3 Å². The molecule has 3 nitrogen and oxygen atoms in total. The summed E-state index contributed by atoms with van der Waals surface area (Å²) >= 11 is 0. The molecule has 1 aromatic rings. The number of anilines is 1. The van der Waals surface area contributed by atoms with Crippen LogP contribution in [0.5, 0.6) is 5.88 Å². The van der Waals surface area contributed by atoms with E-state index in [1.807, 2.05) is 20.0 Å². The SMILES string of the molecule is CNc1ccnc(OC)c1C. The third kappa shape index (κ3) is 1.42. The molecule has 0 atom stereocenters. The number of rotatable bonds is 2. The largest absolute Gasteiger partial charge is 0.481 e. The quantitative estimate of drug-likeness (QED) is 0.696. The predicted octanol–water partition coefficient (Wildman–Crippen LogP) is 1.44. The molecule has 0 bridgehead atoms. The lowest BCUT2D eigenvalue weighted by molar-refractivity contribution is 0.395. The van der Waals surface area contributed by atoms with Crippen molar-refractivity contribution in [1.82, 2.24) is 4.98 Å². The number of nitrogens with zero attached hydrogens (tertiary/aromatic N) is 1. The molecule has 0 fully saturated rings. The van der Waals surface area contributed by atoms with E-state index in [2.05, 4.69) is 10.3 Å². The summed E-state index contributed by atoms with van der Waals surface area (Å²) in [5, 5.41) is 3.05. The molecule has 0 aliphatic heterocycles. The lowest BCUT2D eigenvalue weighted by Crippen LogP contribution is -1.96. The number of hydrogen-bond acceptors (Lipinski definition) is 3. The van der Waals surface area contributed by atoms with Crippen LogP contribution < -0.4 is 10.1 Å². The molecule has 0 unspecified atom stereocenters. The predicted molar refractivity (Wildman–Crippen MR) is 45.1 cm³/mol. The highest BCUT2D eigenvalue weighted by Gasteiger charge is 2.01. The second kappa shape index (κ2) is 3.23. The van der Waals surface area contributed by atoms with Gasteiger partial charge in [-0.15, -0.1) is 0 Å². The van der Waals surface area contributed by atoms with Gasteiger partial charge in [0.2, 0.25) is 5.88 Å². The molecule has 0 amide bonds. The maximum absolute atomic E-state index is 5.04. The average molecular weight is 152 g/mol. The average Bonchev–Trinajstić information content (AvgIpc) is 2.05. The van der Waals surface area contributed by atoms with Gasteiger partial charge < -0.3 is 10.1 Å². The molecule has 11 heavy (non-hydrogen) atoms. The summed E-state index contributed by atoms with van der Waals surface area (Å²) in [6, 6.07) is 1.91. The maximum Gasteiger partial charge on any atom is 0.218 e. The van der Waals surface area contributed by atoms with Crippen molar-refractivity contribution < 1.29 is 4.74 Å². The Hall–Kier alpha value is -1.25. The zero-order valence-electron chi connectivity index (χ0n) is 7.01. The highest BCUT2D eigenvalue weighted by atomic mass is 16.5. The first-order valence-corrected chi connectivity index (χ1v) is 3.47. The van der Waals surface area contributed by atoms with E-state index in [4.69, 9.17) is 4.74 Å². The van der Waals surface area contributed by atoms with Gasteiger partial charge in [0.1, 0.15) is 0 Å². The van der Waals surface area contributed by atoms with E-state index in [1.54, 1.807) is 13.3 Å². The highest BCUT2D eigenvalue weighted by molar-refractivity contribution is 5.53. The van der Waals surface area contributed by atoms with Crippen molar-refractivity contribution in [2.45, 2.75) is 6.92 Å². The fraction of sp³-hybridized carbons (Fsp3) is 0.375. The summed E-state index contributed by atoms with van der Waals surface area (Å²) in [5.41, 5.74) is 2.09. The van der Waals surface area contributed by atoms with Crippen LogP contribution in [0.25, 0.3) is 0 Å². The molecule has 0 aliphatic rings. The highest BCUT2D eigenvalue weighted by Crippen LogP contribution is 2.21. The zero-order chi connectivity index (χ0) is 8.27. The summed E-state index contributed by atoms with van der Waals surface area (Å²) in [4.78, 5) is 4.04. The topological polar surface area (TPSA) is 34.2 Å². The van der Waals surface area contributed by atoms with Gasteiger partial charge in [0.15, 0.2) is 0 Å². The molecule has 1 N–H and O–H groups in total. The van der Waals surface area contributed by atoms with Crippen molar-refractivity contribution in [3.63, 3.8) is 0 Å². The normalized spacial score (nSPS) is 9.36. The molecule has 3 heteroatoms. The number of hydrogen-bond donors (Lipinski definition) is 1. The van der Waals surface area contributed by atoms with Gasteiger partial charge in [-0.2, -0.15) is 0 Å². The Balaban J connectivity index is 3.10. The van der Waals surface area contributed by atoms with Gasteiger partial charge in [-0.25, -0.2) is 4.98 Å². The number of methoxy groups -OCH3 is 1. The molecule has 0 aromatic carbocycles. The van der Waals surface area contributed by atoms with E-state index in [0.29, 0.717) is 5.88 Å². The smallest absolute Gasteiger partial charge is 0.218 e. The van der Waals surface area contributed by atoms with Gasteiger partial charge in [-0.3, -0.25) is 0 Å². The van der Waals surface area contributed by atoms with Crippen LogP contribution >= 0.6 is 0 Å². The Morgan fingerprint density at radius 2 is 2.27 bits per heavy atom. The molecule has 60 valence electrons. The standard InChI is InChI=1S/C8H12N2O/c1-6-7(9-2)4-5-10-8(6)11-3/h4-5H,1-3H3,(H,9,10). The Morgan fingerprint density at radius 3 is 2.82 bits per heavy atom. The number of ether oxygens (including phenoxy) is 1. The molecule has 0 aliphatic carbocycles. The van der Waals surface area contributed by atoms with Crippen LogP contribution in [0, 0.1) is 6.92 Å². The molecule has 0 saturated carbocycles. The van der Waals surface area contributed by atoms with E-state index in [9.17, 15) is 0 Å². The Labute approximate surface area is 66.4 Å². The Bertz CT molecular complexity index is 226. The van der Waals surface area contributed by atoms with Crippen LogP contribution in [0.3, 0.4) is 0 Å². The number of nitrogens with one attached hydrogen (secondary N) is 1. The first kappa shape index (κ1) is 7.85. The molecular weight excluding hydrogens is 140 g/mol. The molecular formula is C8H12N2O. The minimum atomic E-state index is 0.678. The van der Waals surface area contributed by atoms with Crippen molar-refractivity contribution in [2.24, 2.45) is 0 Å². The van der Waals surface area contributed by atoms with E-state index in [-0.39, 0.29) is 0 Å². The third-order valence-electron chi connectivity index (χ3n) is 1.62. The number of aromatic nitrogens is 1. The third-order valence-corrected chi connectivity index (χ3v) is 1.62. The van der Waals surface area contributed by atoms with Crippen molar-refractivity contribution in [3.05, 3.63) is 17.8 Å². The lowest BCUT2D eigenvalue weighted by Gasteiger charge is -2.07. The second-order valence-electron chi connectivity index (χ2n) is 2.24. The van der Waals surface area contributed by atoms with Crippen LogP contribution in [-0.2, 0) is 0 Å². The molecule has 1 heterocycles. The van der Waals surface area contributed by atoms with E-state index in [1.165, 1.54) is 0 Å². The molecule has 0 spiro atoms. The Kier molecular flexibility index (Phi) is 2.31. The maximum atomic E-state index is 5.04. The fourth-order valence-corrected chi connectivity index (χ4v) is 0.993. The zero-order valence-corrected chi connectivity index (χ0v) is 7.01. The first-order chi connectivity index (χ1) is 5.29. The second-order valence-corrected chi connectivity index (χ2v) is 2.24. The van der Waals surface area contributed by atoms with Crippen molar-refractivity contribution in [1.29, 1.82) is 0 Å². The van der Waals surface area contributed by atoms with Gasteiger partial charge >= 0.3 is 0 Å². The minimum Gasteiger partial charge on any atom is -0.481 e. The van der Waals surface area contributed by atoms with Crippen molar-refractivity contribution in [2.75, 3.05) is 19.5 Å². The van der Waals surface area contributed by atoms with Gasteiger partial charge in [-0.1, -0.05) is 0 Å². The molecule has 0 radical (unpaired) electrons. The minimum absolute atomic E-state index is 0.678. The van der Waals surface area contributed by atoms with Crippen LogP contribution in [0.2, 0.25) is 0 Å². The van der Waals surface area contributed by atoms with E-state index >= 15 is 0 Å². The summed E-state index contributed by atoms with van der Waals surface area (Å²) in [7, 11) is 3.50. The van der Waals surface area contributed by atoms with Crippen molar-refractivity contribution >= 4 is 5.69 Å². The fourth-order valence-electron chi connectivity index (χ4n) is 0.993. The van der Waals surface area contributed by atoms with Gasteiger partial charge in [-0.05, 0) is 13.0 Å². The molecule has 1 rings (SSSR count). The summed E-state index contributed by atoms with van der Waals surface area (Å²) < 4.78 is 5.04. The van der Waals surface area contributed by atoms with Crippen LogP contribution in [-0.4, -0.2) is 19.1 Å². The Morgan fingerprint density at radius 1 is 1.55 bits per heavy atom. The van der Waals surface area contributed by atoms with Crippen molar-refractivity contribution in [3.8, 4) is 5.88 Å². The summed E-state index contributed by atoms with van der Waals surface area (Å²) in [6.07, 6.45) is 1.72. The molecule has 0 saturated heterocycles. The van der Waals surface area contributed by atoms with Gasteiger partial charge in [0.25, 0.3) is 0 Å². The van der Waals surface area contributed by atoms with E-state index < -0.39 is 0 Å². The summed E-state index contributed by atoms with van der Waals surface area (Å²) in [6.45, 7) is 1.97. The first-order valence-electron chi connectivity index (χ1n) is 3.47. The molecule has 1 aromatic heterocycles. The lowest BCUT2D eigenvalue weighted by atomic mass is 10.2. The number of pyridine rings is 1. The van der Waals surface area contributed by atoms with Crippen LogP contribution in [0.1, 0.15) is 5.56 Å². The monoisotopic (exact) mass is 152 g/mol.